The molecule has 0 aromatic carbocycles. The average molecular weight is 375 g/mol. The molecule has 1 saturated heterocycles. The maximum Gasteiger partial charge on any atom is 0.179 e. The molecule has 1 N–H and O–H groups in total. The van der Waals surface area contributed by atoms with Crippen molar-refractivity contribution in [3.8, 4) is 0 Å². The van der Waals surface area contributed by atoms with E-state index in [1.165, 1.54) is 6.26 Å². The first-order valence-corrected chi connectivity index (χ1v) is 10.7. The molecule has 140 valence electrons. The van der Waals surface area contributed by atoms with E-state index in [9.17, 15) is 8.42 Å². The number of hydrogen-bond acceptors (Lipinski definition) is 7. The number of nitrogens with one attached hydrogen (secondary N) is 1. The molecule has 0 aliphatic carbocycles. The van der Waals surface area contributed by atoms with Gasteiger partial charge in [-0.05, 0) is 30.3 Å². The fraction of sp³-hybridized carbons (Fsp3) is 0.444. The van der Waals surface area contributed by atoms with Crippen molar-refractivity contribution in [2.24, 2.45) is 0 Å². The summed E-state index contributed by atoms with van der Waals surface area (Å²) in [5, 5.41) is 3.10. The van der Waals surface area contributed by atoms with Gasteiger partial charge in [0, 0.05) is 51.4 Å². The van der Waals surface area contributed by atoms with Crippen LogP contribution in [0.15, 0.2) is 41.6 Å². The van der Waals surface area contributed by atoms with Gasteiger partial charge in [0.15, 0.2) is 9.84 Å². The lowest BCUT2D eigenvalue weighted by molar-refractivity contribution is 0.270. The Morgan fingerprint density at radius 1 is 1.12 bits per heavy atom. The van der Waals surface area contributed by atoms with E-state index in [-0.39, 0.29) is 4.90 Å². The van der Waals surface area contributed by atoms with Crippen molar-refractivity contribution in [1.29, 1.82) is 0 Å². The van der Waals surface area contributed by atoms with Gasteiger partial charge in [0.1, 0.15) is 16.5 Å². The predicted octanol–water partition coefficient (Wildman–Crippen LogP) is 1.63. The molecule has 0 radical (unpaired) electrons. The van der Waals surface area contributed by atoms with Crippen molar-refractivity contribution in [3.63, 3.8) is 0 Å². The van der Waals surface area contributed by atoms with E-state index in [4.69, 9.17) is 0 Å². The first-order valence-electron chi connectivity index (χ1n) is 8.78. The largest absolute Gasteiger partial charge is 0.365 e. The molecule has 26 heavy (non-hydrogen) atoms. The molecule has 3 heterocycles. The van der Waals surface area contributed by atoms with E-state index in [0.29, 0.717) is 12.4 Å². The van der Waals surface area contributed by atoms with Gasteiger partial charge in [0.25, 0.3) is 0 Å². The molecule has 2 aromatic heterocycles. The number of likely N-dealkylation sites (N-methyl/N-ethyl adjacent to an activating group) is 1. The van der Waals surface area contributed by atoms with E-state index in [1.54, 1.807) is 18.3 Å². The van der Waals surface area contributed by atoms with Crippen LogP contribution < -0.4 is 10.2 Å². The lowest BCUT2D eigenvalue weighted by atomic mass is 10.2. The zero-order valence-corrected chi connectivity index (χ0v) is 16.0. The number of hydrogen-bond donors (Lipinski definition) is 1. The quantitative estimate of drug-likeness (QED) is 0.822. The summed E-state index contributed by atoms with van der Waals surface area (Å²) < 4.78 is 23.7. The summed E-state index contributed by atoms with van der Waals surface area (Å²) in [6.07, 6.45) is 4.59. The van der Waals surface area contributed by atoms with Crippen molar-refractivity contribution < 1.29 is 8.42 Å². The van der Waals surface area contributed by atoms with E-state index >= 15 is 0 Å². The van der Waals surface area contributed by atoms with Crippen molar-refractivity contribution in [2.75, 3.05) is 49.2 Å². The molecule has 0 unspecified atom stereocenters. The third-order valence-corrected chi connectivity index (χ3v) is 5.71. The Balaban J connectivity index is 1.62. The smallest absolute Gasteiger partial charge is 0.179 e. The van der Waals surface area contributed by atoms with Gasteiger partial charge in [0.05, 0.1) is 0 Å². The molecule has 2 aromatic rings. The number of nitrogens with zero attached hydrogens (tertiary/aromatic N) is 4. The Morgan fingerprint density at radius 2 is 1.88 bits per heavy atom. The number of sulfone groups is 1. The van der Waals surface area contributed by atoms with Crippen LogP contribution in [0.3, 0.4) is 0 Å². The lowest BCUT2D eigenvalue weighted by Crippen LogP contribution is -2.46. The lowest BCUT2D eigenvalue weighted by Gasteiger charge is -2.34. The molecular formula is C18H25N5O2S. The molecule has 8 heteroatoms. The molecule has 1 aliphatic heterocycles. The highest BCUT2D eigenvalue weighted by molar-refractivity contribution is 7.90. The SMILES string of the molecule is CCN1CCN(c2ccc(CNc3ncccc3S(C)(=O)=O)cn2)CC1. The van der Waals surface area contributed by atoms with E-state index < -0.39 is 9.84 Å². The monoisotopic (exact) mass is 375 g/mol. The molecule has 0 bridgehead atoms. The van der Waals surface area contributed by atoms with Gasteiger partial charge in [-0.15, -0.1) is 0 Å². The fourth-order valence-corrected chi connectivity index (χ4v) is 3.81. The van der Waals surface area contributed by atoms with Gasteiger partial charge < -0.3 is 15.1 Å². The topological polar surface area (TPSA) is 78.4 Å². The van der Waals surface area contributed by atoms with Crippen LogP contribution in [0.4, 0.5) is 11.6 Å². The summed E-state index contributed by atoms with van der Waals surface area (Å²) >= 11 is 0. The summed E-state index contributed by atoms with van der Waals surface area (Å²) in [6.45, 7) is 7.86. The van der Waals surface area contributed by atoms with E-state index in [0.717, 1.165) is 44.1 Å². The third-order valence-electron chi connectivity index (χ3n) is 4.58. The Hall–Kier alpha value is -2.19. The first-order chi connectivity index (χ1) is 12.5. The number of pyridine rings is 2. The van der Waals surface area contributed by atoms with Crippen LogP contribution in [0, 0.1) is 0 Å². The van der Waals surface area contributed by atoms with E-state index in [1.807, 2.05) is 18.3 Å². The summed E-state index contributed by atoms with van der Waals surface area (Å²) in [7, 11) is -3.32. The predicted molar refractivity (Wildman–Crippen MR) is 103 cm³/mol. The van der Waals surface area contributed by atoms with Crippen LogP contribution in [0.1, 0.15) is 12.5 Å². The van der Waals surface area contributed by atoms with Gasteiger partial charge >= 0.3 is 0 Å². The second-order valence-corrected chi connectivity index (χ2v) is 8.41. The minimum Gasteiger partial charge on any atom is -0.365 e. The van der Waals surface area contributed by atoms with Crippen molar-refractivity contribution in [3.05, 3.63) is 42.2 Å². The average Bonchev–Trinajstić information content (AvgIpc) is 2.66. The highest BCUT2D eigenvalue weighted by Gasteiger charge is 2.17. The van der Waals surface area contributed by atoms with Gasteiger partial charge in [-0.2, -0.15) is 0 Å². The Kier molecular flexibility index (Phi) is 5.73. The van der Waals surface area contributed by atoms with Crippen LogP contribution in [0.5, 0.6) is 0 Å². The molecule has 7 nitrogen and oxygen atoms in total. The van der Waals surface area contributed by atoms with Crippen LogP contribution >= 0.6 is 0 Å². The van der Waals surface area contributed by atoms with Gasteiger partial charge in [0.2, 0.25) is 0 Å². The van der Waals surface area contributed by atoms with Crippen molar-refractivity contribution in [1.82, 2.24) is 14.9 Å². The second-order valence-electron chi connectivity index (χ2n) is 6.42. The summed E-state index contributed by atoms with van der Waals surface area (Å²) in [5.74, 6) is 1.36. The molecule has 1 aliphatic rings. The molecule has 0 spiro atoms. The fourth-order valence-electron chi connectivity index (χ4n) is 3.01. The van der Waals surface area contributed by atoms with Crippen LogP contribution in [0.2, 0.25) is 0 Å². The Bertz CT molecular complexity index is 831. The first kappa shape index (κ1) is 18.6. The number of piperazine rings is 1. The maximum absolute atomic E-state index is 11.8. The van der Waals surface area contributed by atoms with Crippen LogP contribution in [-0.4, -0.2) is 62.3 Å². The molecule has 0 atom stereocenters. The highest BCUT2D eigenvalue weighted by atomic mass is 32.2. The zero-order chi connectivity index (χ0) is 18.6. The highest BCUT2D eigenvalue weighted by Crippen LogP contribution is 2.19. The van der Waals surface area contributed by atoms with E-state index in [2.05, 4.69) is 32.0 Å². The summed E-state index contributed by atoms with van der Waals surface area (Å²) in [5.41, 5.74) is 0.978. The van der Waals surface area contributed by atoms with Gasteiger partial charge in [-0.25, -0.2) is 18.4 Å². The zero-order valence-electron chi connectivity index (χ0n) is 15.2. The minimum absolute atomic E-state index is 0.207. The summed E-state index contributed by atoms with van der Waals surface area (Å²) in [4.78, 5) is 13.6. The maximum atomic E-state index is 11.8. The van der Waals surface area contributed by atoms with Crippen molar-refractivity contribution in [2.45, 2.75) is 18.4 Å². The molecule has 3 rings (SSSR count). The summed E-state index contributed by atoms with van der Waals surface area (Å²) in [6, 6.07) is 7.22. The Labute approximate surface area is 155 Å². The minimum atomic E-state index is -3.32. The Morgan fingerprint density at radius 3 is 2.50 bits per heavy atom. The molecule has 0 amide bonds. The molecular weight excluding hydrogens is 350 g/mol. The molecule has 0 saturated carbocycles. The van der Waals surface area contributed by atoms with Crippen LogP contribution in [-0.2, 0) is 16.4 Å². The number of rotatable bonds is 6. The standard InChI is InChI=1S/C18H25N5O2S/c1-3-22-9-11-23(12-10-22)17-7-6-15(13-20-17)14-21-18-16(26(2,24)25)5-4-8-19-18/h4-8,13H,3,9-12,14H2,1-2H3,(H,19,21). The normalized spacial score (nSPS) is 15.8. The van der Waals surface area contributed by atoms with Gasteiger partial charge in [-0.1, -0.05) is 13.0 Å². The number of aromatic nitrogens is 2. The molecule has 1 fully saturated rings. The third kappa shape index (κ3) is 4.50. The van der Waals surface area contributed by atoms with Gasteiger partial charge in [-0.3, -0.25) is 0 Å². The van der Waals surface area contributed by atoms with Crippen LogP contribution in [0.25, 0.3) is 0 Å². The number of anilines is 2. The second kappa shape index (κ2) is 8.01. The van der Waals surface area contributed by atoms with Crippen molar-refractivity contribution >= 4 is 21.5 Å².